The average Bonchev–Trinajstić information content (AvgIpc) is 2.40. The Kier molecular flexibility index (Phi) is 5.12. The number of nitrogens with zero attached hydrogens (tertiary/aromatic N) is 1. The number of terminal acetylenes is 1. The Labute approximate surface area is 123 Å². The zero-order valence-corrected chi connectivity index (χ0v) is 12.7. The van der Waals surface area contributed by atoms with Crippen molar-refractivity contribution in [2.75, 3.05) is 32.1 Å². The molecule has 1 aromatic rings. The van der Waals surface area contributed by atoms with Crippen molar-refractivity contribution in [2.45, 2.75) is 18.9 Å². The second-order valence-corrected chi connectivity index (χ2v) is 5.69. The van der Waals surface area contributed by atoms with Crippen LogP contribution < -0.4 is 10.1 Å². The number of methoxy groups -OCH3 is 1. The molecule has 0 aromatic heterocycles. The largest absolute Gasteiger partial charge is 0.497 e. The Morgan fingerprint density at radius 2 is 2.16 bits per heavy atom. The van der Waals surface area contributed by atoms with Gasteiger partial charge in [-0.2, -0.15) is 0 Å². The number of ether oxygens (including phenoxy) is 1. The van der Waals surface area contributed by atoms with Crippen LogP contribution in [-0.2, 0) is 0 Å². The fourth-order valence-electron chi connectivity index (χ4n) is 2.36. The van der Waals surface area contributed by atoms with Crippen molar-refractivity contribution in [1.82, 2.24) is 4.90 Å². The van der Waals surface area contributed by atoms with E-state index in [1.54, 1.807) is 7.11 Å². The molecular weight excluding hydrogens is 304 g/mol. The molecule has 0 spiro atoms. The van der Waals surface area contributed by atoms with E-state index in [-0.39, 0.29) is 0 Å². The Bertz CT molecular complexity index is 462. The van der Waals surface area contributed by atoms with Gasteiger partial charge >= 0.3 is 0 Å². The van der Waals surface area contributed by atoms with E-state index < -0.39 is 0 Å². The summed E-state index contributed by atoms with van der Waals surface area (Å²) in [4.78, 5) is 2.32. The van der Waals surface area contributed by atoms with Gasteiger partial charge < -0.3 is 10.1 Å². The SMILES string of the molecule is C#CCN1CCC(Nc2cc(Br)cc(OC)c2)CC1. The van der Waals surface area contributed by atoms with Crippen molar-refractivity contribution in [1.29, 1.82) is 0 Å². The lowest BCUT2D eigenvalue weighted by atomic mass is 10.0. The maximum Gasteiger partial charge on any atom is 0.122 e. The first-order chi connectivity index (χ1) is 9.21. The molecule has 0 bridgehead atoms. The summed E-state index contributed by atoms with van der Waals surface area (Å²) in [5.74, 6) is 3.57. The molecular formula is C15H19BrN2O. The summed E-state index contributed by atoms with van der Waals surface area (Å²) in [5, 5.41) is 3.57. The van der Waals surface area contributed by atoms with Gasteiger partial charge in [-0.05, 0) is 25.0 Å². The first-order valence-electron chi connectivity index (χ1n) is 6.48. The molecule has 4 heteroatoms. The van der Waals surface area contributed by atoms with Gasteiger partial charge in [0.1, 0.15) is 5.75 Å². The number of hydrogen-bond donors (Lipinski definition) is 1. The van der Waals surface area contributed by atoms with Gasteiger partial charge in [-0.3, -0.25) is 4.90 Å². The Balaban J connectivity index is 1.92. The number of rotatable bonds is 4. The van der Waals surface area contributed by atoms with Crippen molar-refractivity contribution in [3.63, 3.8) is 0 Å². The van der Waals surface area contributed by atoms with Crippen molar-refractivity contribution < 1.29 is 4.74 Å². The minimum Gasteiger partial charge on any atom is -0.497 e. The van der Waals surface area contributed by atoms with Crippen molar-refractivity contribution in [3.8, 4) is 18.1 Å². The molecule has 102 valence electrons. The van der Waals surface area contributed by atoms with Crippen LogP contribution in [0.15, 0.2) is 22.7 Å². The third-order valence-corrected chi connectivity index (χ3v) is 3.84. The second kappa shape index (κ2) is 6.83. The Morgan fingerprint density at radius 1 is 1.42 bits per heavy atom. The van der Waals surface area contributed by atoms with Gasteiger partial charge in [0.25, 0.3) is 0 Å². The highest BCUT2D eigenvalue weighted by atomic mass is 79.9. The summed E-state index contributed by atoms with van der Waals surface area (Å²) in [7, 11) is 1.68. The van der Waals surface area contributed by atoms with Crippen LogP contribution in [0.5, 0.6) is 5.75 Å². The summed E-state index contributed by atoms with van der Waals surface area (Å²) in [5.41, 5.74) is 1.10. The highest BCUT2D eigenvalue weighted by Crippen LogP contribution is 2.26. The van der Waals surface area contributed by atoms with E-state index in [0.29, 0.717) is 6.04 Å². The molecule has 1 heterocycles. The third-order valence-electron chi connectivity index (χ3n) is 3.38. The molecule has 1 N–H and O–H groups in total. The lowest BCUT2D eigenvalue weighted by Gasteiger charge is -2.31. The van der Waals surface area contributed by atoms with Crippen LogP contribution in [0.25, 0.3) is 0 Å². The van der Waals surface area contributed by atoms with Gasteiger partial charge in [-0.25, -0.2) is 0 Å². The number of piperidine rings is 1. The van der Waals surface area contributed by atoms with Crippen LogP contribution in [0, 0.1) is 12.3 Å². The molecule has 0 amide bonds. The van der Waals surface area contributed by atoms with Crippen LogP contribution in [0.4, 0.5) is 5.69 Å². The summed E-state index contributed by atoms with van der Waals surface area (Å²) < 4.78 is 6.30. The van der Waals surface area contributed by atoms with E-state index in [0.717, 1.165) is 48.4 Å². The topological polar surface area (TPSA) is 24.5 Å². The standard InChI is InChI=1S/C15H19BrN2O/c1-3-6-18-7-4-13(5-8-18)17-14-9-12(16)10-15(11-14)19-2/h1,9-11,13,17H,4-8H2,2H3. The molecule has 1 fully saturated rings. The van der Waals surface area contributed by atoms with Gasteiger partial charge in [-0.1, -0.05) is 21.9 Å². The average molecular weight is 323 g/mol. The van der Waals surface area contributed by atoms with Gasteiger partial charge in [0.15, 0.2) is 0 Å². The van der Waals surface area contributed by atoms with Crippen LogP contribution in [0.1, 0.15) is 12.8 Å². The number of halogens is 1. The lowest BCUT2D eigenvalue weighted by Crippen LogP contribution is -2.39. The molecule has 1 aromatic carbocycles. The molecule has 2 rings (SSSR count). The highest BCUT2D eigenvalue weighted by molar-refractivity contribution is 9.10. The summed E-state index contributed by atoms with van der Waals surface area (Å²) in [6, 6.07) is 6.57. The van der Waals surface area contributed by atoms with E-state index >= 15 is 0 Å². The predicted molar refractivity (Wildman–Crippen MR) is 82.6 cm³/mol. The number of nitrogens with one attached hydrogen (secondary N) is 1. The smallest absolute Gasteiger partial charge is 0.122 e. The van der Waals surface area contributed by atoms with Gasteiger partial charge in [0.2, 0.25) is 0 Å². The number of benzene rings is 1. The van der Waals surface area contributed by atoms with Crippen LogP contribution >= 0.6 is 15.9 Å². The summed E-state index contributed by atoms with van der Waals surface area (Å²) in [6.45, 7) is 2.89. The summed E-state index contributed by atoms with van der Waals surface area (Å²) >= 11 is 3.50. The fraction of sp³-hybridized carbons (Fsp3) is 0.467. The Hall–Kier alpha value is -1.18. The van der Waals surface area contributed by atoms with Crippen molar-refractivity contribution in [2.24, 2.45) is 0 Å². The van der Waals surface area contributed by atoms with Crippen molar-refractivity contribution >= 4 is 21.6 Å². The number of anilines is 1. The van der Waals surface area contributed by atoms with Gasteiger partial charge in [0.05, 0.1) is 13.7 Å². The third kappa shape index (κ3) is 4.15. The van der Waals surface area contributed by atoms with Crippen LogP contribution in [0.2, 0.25) is 0 Å². The first kappa shape index (κ1) is 14.2. The van der Waals surface area contributed by atoms with E-state index in [1.807, 2.05) is 12.1 Å². The maximum absolute atomic E-state index is 5.34. The molecule has 19 heavy (non-hydrogen) atoms. The normalized spacial score (nSPS) is 16.9. The summed E-state index contributed by atoms with van der Waals surface area (Å²) in [6.07, 6.45) is 7.58. The number of likely N-dealkylation sites (tertiary alicyclic amines) is 1. The van der Waals surface area contributed by atoms with Gasteiger partial charge in [0, 0.05) is 35.4 Å². The quantitative estimate of drug-likeness (QED) is 0.862. The van der Waals surface area contributed by atoms with Crippen LogP contribution in [-0.4, -0.2) is 37.7 Å². The molecule has 1 aliphatic rings. The molecule has 0 radical (unpaired) electrons. The van der Waals surface area contributed by atoms with E-state index in [2.05, 4.69) is 38.1 Å². The zero-order valence-electron chi connectivity index (χ0n) is 11.2. The molecule has 0 atom stereocenters. The minimum absolute atomic E-state index is 0.507. The first-order valence-corrected chi connectivity index (χ1v) is 7.27. The molecule has 1 saturated heterocycles. The molecule has 3 nitrogen and oxygen atoms in total. The molecule has 0 saturated carbocycles. The molecule has 1 aliphatic heterocycles. The molecule has 0 unspecified atom stereocenters. The Morgan fingerprint density at radius 3 is 2.79 bits per heavy atom. The zero-order chi connectivity index (χ0) is 13.7. The number of hydrogen-bond acceptors (Lipinski definition) is 3. The predicted octanol–water partition coefficient (Wildman–Crippen LogP) is 2.97. The van der Waals surface area contributed by atoms with Gasteiger partial charge in [-0.15, -0.1) is 6.42 Å². The van der Waals surface area contributed by atoms with E-state index in [4.69, 9.17) is 11.2 Å². The van der Waals surface area contributed by atoms with Crippen molar-refractivity contribution in [3.05, 3.63) is 22.7 Å². The maximum atomic E-state index is 5.34. The second-order valence-electron chi connectivity index (χ2n) is 4.78. The van der Waals surface area contributed by atoms with Crippen LogP contribution in [0.3, 0.4) is 0 Å². The van der Waals surface area contributed by atoms with E-state index in [1.165, 1.54) is 0 Å². The molecule has 0 aliphatic carbocycles. The van der Waals surface area contributed by atoms with E-state index in [9.17, 15) is 0 Å². The monoisotopic (exact) mass is 322 g/mol. The minimum atomic E-state index is 0.507. The fourth-order valence-corrected chi connectivity index (χ4v) is 2.84. The highest BCUT2D eigenvalue weighted by Gasteiger charge is 2.18. The lowest BCUT2D eigenvalue weighted by molar-refractivity contribution is 0.243.